The van der Waals surface area contributed by atoms with E-state index in [1.165, 1.54) is 30.5 Å². The Morgan fingerprint density at radius 2 is 1.79 bits per heavy atom. The van der Waals surface area contributed by atoms with Gasteiger partial charge in [-0.2, -0.15) is 0 Å². The highest BCUT2D eigenvalue weighted by Gasteiger charge is 2.25. The van der Waals surface area contributed by atoms with Crippen LogP contribution in [0.3, 0.4) is 0 Å². The van der Waals surface area contributed by atoms with E-state index >= 15 is 0 Å². The Balaban J connectivity index is 1.67. The second-order valence-corrected chi connectivity index (χ2v) is 6.23. The number of carbonyl (C=O) groups excluding carboxylic acids is 3. The lowest BCUT2D eigenvalue weighted by molar-refractivity contribution is -0.144. The summed E-state index contributed by atoms with van der Waals surface area (Å²) in [5, 5.41) is 2.56. The number of halogens is 1. The summed E-state index contributed by atoms with van der Waals surface area (Å²) in [6.45, 7) is -0.565. The molecule has 0 aliphatic carbocycles. The minimum Gasteiger partial charge on any atom is -0.459 e. The second kappa shape index (κ2) is 9.45. The van der Waals surface area contributed by atoms with Gasteiger partial charge in [-0.05, 0) is 29.8 Å². The summed E-state index contributed by atoms with van der Waals surface area (Å²) in [5.74, 6) is -2.42. The maximum atomic E-state index is 13.3. The van der Waals surface area contributed by atoms with Crippen molar-refractivity contribution in [3.8, 4) is 0 Å². The van der Waals surface area contributed by atoms with E-state index in [1.807, 2.05) is 6.07 Å². The van der Waals surface area contributed by atoms with Gasteiger partial charge in [0.2, 0.25) is 0 Å². The number of furan rings is 1. The van der Waals surface area contributed by atoms with Gasteiger partial charge in [-0.1, -0.05) is 42.5 Å². The van der Waals surface area contributed by atoms with Crippen molar-refractivity contribution in [1.29, 1.82) is 0 Å². The predicted molar refractivity (Wildman–Crippen MR) is 102 cm³/mol. The van der Waals surface area contributed by atoms with Crippen LogP contribution in [0.15, 0.2) is 77.4 Å². The molecule has 0 saturated heterocycles. The molecule has 1 heterocycles. The molecule has 0 fully saturated rings. The average molecular weight is 395 g/mol. The largest absolute Gasteiger partial charge is 0.459 e. The first-order valence-electron chi connectivity index (χ1n) is 8.86. The lowest BCUT2D eigenvalue weighted by Crippen LogP contribution is -2.43. The summed E-state index contributed by atoms with van der Waals surface area (Å²) in [6.07, 6.45) is 1.51. The molecule has 6 nitrogen and oxygen atoms in total. The number of rotatable bonds is 8. The van der Waals surface area contributed by atoms with Gasteiger partial charge in [-0.3, -0.25) is 9.59 Å². The molecule has 7 heteroatoms. The molecule has 3 rings (SSSR count). The molecule has 3 aromatic rings. The van der Waals surface area contributed by atoms with Crippen LogP contribution < -0.4 is 5.32 Å². The van der Waals surface area contributed by atoms with E-state index in [9.17, 15) is 18.8 Å². The number of ether oxygens (including phenoxy) is 1. The first-order chi connectivity index (χ1) is 14.0. The Morgan fingerprint density at radius 1 is 1.00 bits per heavy atom. The van der Waals surface area contributed by atoms with Gasteiger partial charge in [0.1, 0.15) is 11.9 Å². The molecular weight excluding hydrogens is 377 g/mol. The molecule has 0 unspecified atom stereocenters. The molecule has 148 valence electrons. The summed E-state index contributed by atoms with van der Waals surface area (Å²) >= 11 is 0. The molecule has 29 heavy (non-hydrogen) atoms. The van der Waals surface area contributed by atoms with E-state index in [2.05, 4.69) is 5.32 Å². The van der Waals surface area contributed by atoms with Crippen molar-refractivity contribution in [2.24, 2.45) is 0 Å². The number of nitrogens with one attached hydrogen (secondary N) is 1. The molecule has 0 bridgehead atoms. The highest BCUT2D eigenvalue weighted by molar-refractivity contribution is 5.99. The Bertz CT molecular complexity index is 985. The zero-order valence-electron chi connectivity index (χ0n) is 15.3. The van der Waals surface area contributed by atoms with Gasteiger partial charge in [0.25, 0.3) is 5.91 Å². The van der Waals surface area contributed by atoms with Crippen molar-refractivity contribution in [2.45, 2.75) is 12.5 Å². The van der Waals surface area contributed by atoms with E-state index in [0.29, 0.717) is 0 Å². The maximum absolute atomic E-state index is 13.3. The molecule has 0 aliphatic heterocycles. The van der Waals surface area contributed by atoms with Crippen molar-refractivity contribution in [3.05, 3.63) is 95.7 Å². The standard InChI is InChI=1S/C22H18FNO5/c23-17-9-4-8-16(13-17)19(25)14-29-22(27)18(12-15-6-2-1-3-7-15)24-21(26)20-10-5-11-28-20/h1-11,13,18H,12,14H2,(H,24,26)/t18-/m0/s1. The molecule has 0 saturated carbocycles. The summed E-state index contributed by atoms with van der Waals surface area (Å²) in [7, 11) is 0. The summed E-state index contributed by atoms with van der Waals surface area (Å²) in [6, 6.07) is 16.1. The topological polar surface area (TPSA) is 85.6 Å². The van der Waals surface area contributed by atoms with Crippen LogP contribution >= 0.6 is 0 Å². The minimum absolute atomic E-state index is 0.0479. The van der Waals surface area contributed by atoms with Crippen molar-refractivity contribution in [1.82, 2.24) is 5.32 Å². The normalized spacial score (nSPS) is 11.5. The van der Waals surface area contributed by atoms with Crippen molar-refractivity contribution >= 4 is 17.7 Å². The van der Waals surface area contributed by atoms with Crippen LogP contribution in [-0.2, 0) is 16.0 Å². The molecule has 1 N–H and O–H groups in total. The monoisotopic (exact) mass is 395 g/mol. The highest BCUT2D eigenvalue weighted by atomic mass is 19.1. The third kappa shape index (κ3) is 5.62. The smallest absolute Gasteiger partial charge is 0.329 e. The van der Waals surface area contributed by atoms with Crippen LogP contribution in [0.4, 0.5) is 4.39 Å². The van der Waals surface area contributed by atoms with E-state index in [0.717, 1.165) is 11.6 Å². The van der Waals surface area contributed by atoms with E-state index in [-0.39, 0.29) is 17.7 Å². The number of esters is 1. The van der Waals surface area contributed by atoms with Gasteiger partial charge in [0.05, 0.1) is 6.26 Å². The fourth-order valence-electron chi connectivity index (χ4n) is 2.66. The average Bonchev–Trinajstić information content (AvgIpc) is 3.27. The molecule has 1 atom stereocenters. The zero-order valence-corrected chi connectivity index (χ0v) is 15.3. The Hall–Kier alpha value is -3.74. The summed E-state index contributed by atoms with van der Waals surface area (Å²) in [4.78, 5) is 37.0. The SMILES string of the molecule is O=C(COC(=O)[C@H](Cc1ccccc1)NC(=O)c1ccco1)c1cccc(F)c1. The van der Waals surface area contributed by atoms with Gasteiger partial charge < -0.3 is 14.5 Å². The molecule has 2 aromatic carbocycles. The van der Waals surface area contributed by atoms with Crippen LogP contribution in [0.2, 0.25) is 0 Å². The fourth-order valence-corrected chi connectivity index (χ4v) is 2.66. The van der Waals surface area contributed by atoms with Crippen molar-refractivity contribution < 1.29 is 27.9 Å². The number of amides is 1. The Labute approximate surface area is 166 Å². The van der Waals surface area contributed by atoms with Gasteiger partial charge in [0, 0.05) is 12.0 Å². The van der Waals surface area contributed by atoms with Crippen LogP contribution in [0.5, 0.6) is 0 Å². The van der Waals surface area contributed by atoms with Crippen LogP contribution in [0.1, 0.15) is 26.5 Å². The number of carbonyl (C=O) groups is 3. The molecule has 0 radical (unpaired) electrons. The van der Waals surface area contributed by atoms with E-state index < -0.39 is 36.1 Å². The third-order valence-electron chi connectivity index (χ3n) is 4.11. The van der Waals surface area contributed by atoms with Crippen molar-refractivity contribution in [2.75, 3.05) is 6.61 Å². The Kier molecular flexibility index (Phi) is 6.52. The highest BCUT2D eigenvalue weighted by Crippen LogP contribution is 2.09. The van der Waals surface area contributed by atoms with Gasteiger partial charge in [0.15, 0.2) is 18.2 Å². The Morgan fingerprint density at radius 3 is 2.48 bits per heavy atom. The molecule has 1 amide bonds. The van der Waals surface area contributed by atoms with Crippen LogP contribution in [-0.4, -0.2) is 30.3 Å². The number of hydrogen-bond acceptors (Lipinski definition) is 5. The molecule has 0 spiro atoms. The maximum Gasteiger partial charge on any atom is 0.329 e. The van der Waals surface area contributed by atoms with E-state index in [1.54, 1.807) is 30.3 Å². The second-order valence-electron chi connectivity index (χ2n) is 6.23. The number of benzene rings is 2. The first kappa shape index (κ1) is 20.0. The van der Waals surface area contributed by atoms with Crippen LogP contribution in [0, 0.1) is 5.82 Å². The quantitative estimate of drug-likeness (QED) is 0.468. The lowest BCUT2D eigenvalue weighted by Gasteiger charge is -2.17. The molecular formula is C22H18FNO5. The van der Waals surface area contributed by atoms with Gasteiger partial charge in [-0.15, -0.1) is 0 Å². The fraction of sp³-hybridized carbons (Fsp3) is 0.136. The minimum atomic E-state index is -1.03. The first-order valence-corrected chi connectivity index (χ1v) is 8.86. The number of hydrogen-bond donors (Lipinski definition) is 1. The molecule has 1 aromatic heterocycles. The zero-order chi connectivity index (χ0) is 20.6. The number of ketones is 1. The van der Waals surface area contributed by atoms with Crippen molar-refractivity contribution in [3.63, 3.8) is 0 Å². The lowest BCUT2D eigenvalue weighted by atomic mass is 10.1. The van der Waals surface area contributed by atoms with E-state index in [4.69, 9.17) is 9.15 Å². The number of Topliss-reactive ketones (excluding diaryl/α,β-unsaturated/α-hetero) is 1. The predicted octanol–water partition coefficient (Wildman–Crippen LogP) is 3.19. The summed E-state index contributed by atoms with van der Waals surface area (Å²) < 4.78 is 23.4. The van der Waals surface area contributed by atoms with Gasteiger partial charge in [-0.25, -0.2) is 9.18 Å². The third-order valence-corrected chi connectivity index (χ3v) is 4.11. The van der Waals surface area contributed by atoms with Crippen LogP contribution in [0.25, 0.3) is 0 Å². The summed E-state index contributed by atoms with van der Waals surface area (Å²) in [5.41, 5.74) is 0.891. The molecule has 0 aliphatic rings. The van der Waals surface area contributed by atoms with Gasteiger partial charge >= 0.3 is 5.97 Å².